The van der Waals surface area contributed by atoms with E-state index < -0.39 is 27.0 Å². The van der Waals surface area contributed by atoms with Crippen molar-refractivity contribution in [3.63, 3.8) is 0 Å². The third-order valence-electron chi connectivity index (χ3n) is 3.45. The zero-order valence-corrected chi connectivity index (χ0v) is 13.8. The van der Waals surface area contributed by atoms with Gasteiger partial charge >= 0.3 is 5.97 Å². The lowest BCUT2D eigenvalue weighted by atomic mass is 10.1. The second kappa shape index (κ2) is 7.27. The topological polar surface area (TPSA) is 101 Å². The molecule has 0 bridgehead atoms. The molecule has 0 saturated carbocycles. The number of carboxylic acids is 1. The molecule has 126 valence electrons. The second-order valence-corrected chi connectivity index (χ2v) is 7.61. The zero-order valence-electron chi connectivity index (χ0n) is 13.0. The highest BCUT2D eigenvalue weighted by Crippen LogP contribution is 2.15. The van der Waals surface area contributed by atoms with Gasteiger partial charge in [0.15, 0.2) is 9.84 Å². The molecule has 2 N–H and O–H groups in total. The van der Waals surface area contributed by atoms with Gasteiger partial charge in [0, 0.05) is 11.9 Å². The van der Waals surface area contributed by atoms with Crippen molar-refractivity contribution in [2.75, 3.05) is 11.6 Å². The van der Waals surface area contributed by atoms with Crippen LogP contribution < -0.4 is 5.32 Å². The average molecular weight is 347 g/mol. The number of hydrogen-bond donors (Lipinski definition) is 2. The average Bonchev–Trinajstić information content (AvgIpc) is 2.52. The van der Waals surface area contributed by atoms with Crippen LogP contribution in [0.5, 0.6) is 0 Å². The molecule has 0 aromatic heterocycles. The van der Waals surface area contributed by atoms with Crippen LogP contribution >= 0.6 is 0 Å². The van der Waals surface area contributed by atoms with E-state index in [9.17, 15) is 18.0 Å². The van der Waals surface area contributed by atoms with Crippen molar-refractivity contribution in [1.29, 1.82) is 0 Å². The van der Waals surface area contributed by atoms with Crippen molar-refractivity contribution in [2.45, 2.75) is 11.7 Å². The van der Waals surface area contributed by atoms with Crippen molar-refractivity contribution in [2.24, 2.45) is 0 Å². The first-order chi connectivity index (χ1) is 11.3. The van der Waals surface area contributed by atoms with Gasteiger partial charge in [-0.15, -0.1) is 0 Å². The fourth-order valence-corrected chi connectivity index (χ4v) is 3.16. The van der Waals surface area contributed by atoms with Crippen LogP contribution in [-0.4, -0.2) is 36.9 Å². The molecule has 0 unspecified atom stereocenters. The standard InChI is InChI=1S/C17H17NO5S/c1-24(22,23)15(10-12-6-3-2-4-7-12)16(19)18-14-9-5-8-13(11-14)17(20)21/h2-9,11,15H,10H2,1H3,(H,18,19)(H,20,21)/t15-/m0/s1. The highest BCUT2D eigenvalue weighted by Gasteiger charge is 2.29. The summed E-state index contributed by atoms with van der Waals surface area (Å²) in [5, 5.41) is 10.2. The minimum Gasteiger partial charge on any atom is -0.478 e. The van der Waals surface area contributed by atoms with Crippen molar-refractivity contribution in [1.82, 2.24) is 0 Å². The molecule has 1 atom stereocenters. The van der Waals surface area contributed by atoms with Crippen LogP contribution in [0.3, 0.4) is 0 Å². The molecular weight excluding hydrogens is 330 g/mol. The molecular formula is C17H17NO5S. The molecule has 0 radical (unpaired) electrons. The summed E-state index contributed by atoms with van der Waals surface area (Å²) in [4.78, 5) is 23.4. The number of sulfone groups is 1. The Hall–Kier alpha value is -2.67. The predicted octanol–water partition coefficient (Wildman–Crippen LogP) is 1.98. The van der Waals surface area contributed by atoms with Crippen LogP contribution in [0.15, 0.2) is 54.6 Å². The molecule has 0 aliphatic carbocycles. The SMILES string of the molecule is CS(=O)(=O)[C@@H](Cc1ccccc1)C(=O)Nc1cccc(C(=O)O)c1. The molecule has 0 fully saturated rings. The fourth-order valence-electron chi connectivity index (χ4n) is 2.22. The molecule has 1 amide bonds. The number of anilines is 1. The first kappa shape index (κ1) is 17.7. The normalized spacial score (nSPS) is 12.4. The molecule has 0 spiro atoms. The summed E-state index contributed by atoms with van der Waals surface area (Å²) in [5.41, 5.74) is 0.968. The molecule has 2 aromatic carbocycles. The third kappa shape index (κ3) is 4.66. The molecule has 0 heterocycles. The Kier molecular flexibility index (Phi) is 5.35. The number of aromatic carboxylic acids is 1. The van der Waals surface area contributed by atoms with E-state index in [-0.39, 0.29) is 17.7 Å². The van der Waals surface area contributed by atoms with Crippen molar-refractivity contribution < 1.29 is 23.1 Å². The number of carbonyl (C=O) groups excluding carboxylic acids is 1. The summed E-state index contributed by atoms with van der Waals surface area (Å²) in [6.07, 6.45) is 1.05. The maximum Gasteiger partial charge on any atom is 0.335 e. The smallest absolute Gasteiger partial charge is 0.335 e. The number of benzene rings is 2. The van der Waals surface area contributed by atoms with E-state index >= 15 is 0 Å². The molecule has 2 rings (SSSR count). The molecule has 0 aliphatic heterocycles. The predicted molar refractivity (Wildman–Crippen MR) is 90.8 cm³/mol. The van der Waals surface area contributed by atoms with Crippen molar-refractivity contribution in [3.05, 3.63) is 65.7 Å². The summed E-state index contributed by atoms with van der Waals surface area (Å²) in [6.45, 7) is 0. The summed E-state index contributed by atoms with van der Waals surface area (Å²) in [5.74, 6) is -1.82. The van der Waals surface area contributed by atoms with Gasteiger partial charge in [-0.1, -0.05) is 36.4 Å². The van der Waals surface area contributed by atoms with Gasteiger partial charge in [0.25, 0.3) is 0 Å². The quantitative estimate of drug-likeness (QED) is 0.832. The Labute approximate surface area is 140 Å². The van der Waals surface area contributed by atoms with Gasteiger partial charge in [-0.25, -0.2) is 13.2 Å². The fraction of sp³-hybridized carbons (Fsp3) is 0.176. The lowest BCUT2D eigenvalue weighted by molar-refractivity contribution is -0.115. The number of carboxylic acid groups (broad SMARTS) is 1. The highest BCUT2D eigenvalue weighted by molar-refractivity contribution is 7.92. The van der Waals surface area contributed by atoms with Gasteiger partial charge < -0.3 is 10.4 Å². The number of nitrogens with one attached hydrogen (secondary N) is 1. The Morgan fingerprint density at radius 2 is 1.75 bits per heavy atom. The van der Waals surface area contributed by atoms with Crippen molar-refractivity contribution in [3.8, 4) is 0 Å². The van der Waals surface area contributed by atoms with E-state index in [1.54, 1.807) is 30.3 Å². The molecule has 24 heavy (non-hydrogen) atoms. The lowest BCUT2D eigenvalue weighted by Crippen LogP contribution is -2.36. The van der Waals surface area contributed by atoms with Gasteiger partial charge in [-0.3, -0.25) is 4.79 Å². The van der Waals surface area contributed by atoms with E-state index in [0.29, 0.717) is 0 Å². The third-order valence-corrected chi connectivity index (χ3v) is 4.86. The first-order valence-electron chi connectivity index (χ1n) is 7.14. The van der Waals surface area contributed by atoms with Crippen LogP contribution in [-0.2, 0) is 21.1 Å². The van der Waals surface area contributed by atoms with Crippen LogP contribution in [0.1, 0.15) is 15.9 Å². The highest BCUT2D eigenvalue weighted by atomic mass is 32.2. The van der Waals surface area contributed by atoms with Gasteiger partial charge in [-0.05, 0) is 30.2 Å². The zero-order chi connectivity index (χ0) is 17.7. The van der Waals surface area contributed by atoms with E-state index in [1.807, 2.05) is 0 Å². The maximum absolute atomic E-state index is 12.4. The van der Waals surface area contributed by atoms with E-state index in [4.69, 9.17) is 5.11 Å². The van der Waals surface area contributed by atoms with E-state index in [0.717, 1.165) is 11.8 Å². The summed E-state index contributed by atoms with van der Waals surface area (Å²) in [6, 6.07) is 14.5. The van der Waals surface area contributed by atoms with Crippen LogP contribution in [0, 0.1) is 0 Å². The van der Waals surface area contributed by atoms with Crippen LogP contribution in [0.25, 0.3) is 0 Å². The first-order valence-corrected chi connectivity index (χ1v) is 9.10. The van der Waals surface area contributed by atoms with Crippen LogP contribution in [0.4, 0.5) is 5.69 Å². The minimum absolute atomic E-state index is 0.00626. The lowest BCUT2D eigenvalue weighted by Gasteiger charge is -2.15. The maximum atomic E-state index is 12.4. The molecule has 6 nitrogen and oxygen atoms in total. The summed E-state index contributed by atoms with van der Waals surface area (Å²) >= 11 is 0. The van der Waals surface area contributed by atoms with Gasteiger partial charge in [-0.2, -0.15) is 0 Å². The Balaban J connectivity index is 2.23. The van der Waals surface area contributed by atoms with E-state index in [2.05, 4.69) is 5.32 Å². The molecule has 0 saturated heterocycles. The summed E-state index contributed by atoms with van der Waals surface area (Å²) < 4.78 is 24.0. The Morgan fingerprint density at radius 1 is 1.08 bits per heavy atom. The molecule has 0 aliphatic rings. The monoisotopic (exact) mass is 347 g/mol. The van der Waals surface area contributed by atoms with Crippen LogP contribution in [0.2, 0.25) is 0 Å². The van der Waals surface area contributed by atoms with Gasteiger partial charge in [0.2, 0.25) is 5.91 Å². The summed E-state index contributed by atoms with van der Waals surface area (Å²) in [7, 11) is -3.64. The number of carbonyl (C=O) groups is 2. The second-order valence-electron chi connectivity index (χ2n) is 5.38. The number of hydrogen-bond acceptors (Lipinski definition) is 4. The largest absolute Gasteiger partial charge is 0.478 e. The Morgan fingerprint density at radius 3 is 2.33 bits per heavy atom. The molecule has 2 aromatic rings. The van der Waals surface area contributed by atoms with E-state index in [1.165, 1.54) is 24.3 Å². The Bertz CT molecular complexity index is 846. The van der Waals surface area contributed by atoms with Crippen molar-refractivity contribution >= 4 is 27.4 Å². The molecule has 7 heteroatoms. The van der Waals surface area contributed by atoms with Gasteiger partial charge in [0.1, 0.15) is 5.25 Å². The number of rotatable bonds is 6. The minimum atomic E-state index is -3.64. The number of amides is 1. The van der Waals surface area contributed by atoms with Gasteiger partial charge in [0.05, 0.1) is 5.56 Å².